The smallest absolute Gasteiger partial charge is 0.237 e. The molecular formula is C20H23NO2. The monoisotopic (exact) mass is 309 g/mol. The van der Waals surface area contributed by atoms with Gasteiger partial charge in [0.1, 0.15) is 17.3 Å². The lowest BCUT2D eigenvalue weighted by Gasteiger charge is -2.26. The zero-order chi connectivity index (χ0) is 16.3. The van der Waals surface area contributed by atoms with Gasteiger partial charge in [0.25, 0.3) is 0 Å². The SMILES string of the molecule is CCN(CC)C(=O)[C@]1(c2ccccc2)C[C@@H]1Oc1ccccc1. The van der Waals surface area contributed by atoms with Crippen molar-refractivity contribution >= 4 is 5.91 Å². The average molecular weight is 309 g/mol. The van der Waals surface area contributed by atoms with Crippen LogP contribution < -0.4 is 4.74 Å². The standard InChI is InChI=1S/C20H23NO2/c1-3-21(4-2)19(22)20(16-11-7-5-8-12-16)15-18(20)23-17-13-9-6-10-14-17/h5-14,18H,3-4,15H2,1-2H3/t18-,20-/m0/s1. The van der Waals surface area contributed by atoms with Gasteiger partial charge in [-0.25, -0.2) is 0 Å². The van der Waals surface area contributed by atoms with Gasteiger partial charge in [0.2, 0.25) is 5.91 Å². The van der Waals surface area contributed by atoms with E-state index in [4.69, 9.17) is 4.74 Å². The van der Waals surface area contributed by atoms with Gasteiger partial charge in [0.05, 0.1) is 0 Å². The van der Waals surface area contributed by atoms with Crippen LogP contribution in [-0.4, -0.2) is 30.0 Å². The largest absolute Gasteiger partial charge is 0.489 e. The highest BCUT2D eigenvalue weighted by atomic mass is 16.5. The summed E-state index contributed by atoms with van der Waals surface area (Å²) in [5.41, 5.74) is 0.515. The third kappa shape index (κ3) is 2.83. The number of benzene rings is 2. The van der Waals surface area contributed by atoms with Gasteiger partial charge in [0, 0.05) is 19.5 Å². The molecule has 1 aliphatic rings. The first-order valence-electron chi connectivity index (χ1n) is 8.29. The van der Waals surface area contributed by atoms with E-state index in [2.05, 4.69) is 0 Å². The third-order valence-electron chi connectivity index (χ3n) is 4.64. The number of hydrogen-bond donors (Lipinski definition) is 0. The number of hydrogen-bond acceptors (Lipinski definition) is 2. The molecule has 2 atom stereocenters. The van der Waals surface area contributed by atoms with Crippen molar-refractivity contribution in [1.29, 1.82) is 0 Å². The van der Waals surface area contributed by atoms with Crippen molar-refractivity contribution in [2.24, 2.45) is 0 Å². The Kier molecular flexibility index (Phi) is 4.37. The molecule has 0 aliphatic heterocycles. The maximum Gasteiger partial charge on any atom is 0.237 e. The average Bonchev–Trinajstić information content (AvgIpc) is 3.32. The van der Waals surface area contributed by atoms with Gasteiger partial charge >= 0.3 is 0 Å². The number of rotatable bonds is 6. The van der Waals surface area contributed by atoms with Crippen LogP contribution in [-0.2, 0) is 10.2 Å². The van der Waals surface area contributed by atoms with E-state index in [-0.39, 0.29) is 12.0 Å². The molecule has 3 nitrogen and oxygen atoms in total. The van der Waals surface area contributed by atoms with E-state index < -0.39 is 5.41 Å². The van der Waals surface area contributed by atoms with E-state index in [0.717, 1.165) is 30.8 Å². The summed E-state index contributed by atoms with van der Waals surface area (Å²) in [5.74, 6) is 0.997. The topological polar surface area (TPSA) is 29.5 Å². The molecule has 3 rings (SSSR count). The van der Waals surface area contributed by atoms with Crippen molar-refractivity contribution in [2.45, 2.75) is 31.8 Å². The van der Waals surface area contributed by atoms with Gasteiger partial charge in [0.15, 0.2) is 0 Å². The number of nitrogens with zero attached hydrogens (tertiary/aromatic N) is 1. The fourth-order valence-electron chi connectivity index (χ4n) is 3.22. The summed E-state index contributed by atoms with van der Waals surface area (Å²) < 4.78 is 6.11. The van der Waals surface area contributed by atoms with Gasteiger partial charge in [-0.2, -0.15) is 0 Å². The number of ether oxygens (including phenoxy) is 1. The lowest BCUT2D eigenvalue weighted by Crippen LogP contribution is -2.41. The Balaban J connectivity index is 1.90. The fourth-order valence-corrected chi connectivity index (χ4v) is 3.22. The third-order valence-corrected chi connectivity index (χ3v) is 4.64. The van der Waals surface area contributed by atoms with Crippen LogP contribution in [0, 0.1) is 0 Å². The summed E-state index contributed by atoms with van der Waals surface area (Å²) in [6.45, 7) is 5.50. The molecule has 1 saturated carbocycles. The highest BCUT2D eigenvalue weighted by molar-refractivity contribution is 5.93. The Morgan fingerprint density at radius 2 is 1.61 bits per heavy atom. The van der Waals surface area contributed by atoms with Crippen LogP contribution in [0.15, 0.2) is 60.7 Å². The molecule has 0 N–H and O–H groups in total. The lowest BCUT2D eigenvalue weighted by molar-refractivity contribution is -0.134. The molecule has 1 fully saturated rings. The summed E-state index contributed by atoms with van der Waals surface area (Å²) in [4.78, 5) is 15.0. The Morgan fingerprint density at radius 3 is 2.17 bits per heavy atom. The predicted molar refractivity (Wildman–Crippen MR) is 91.5 cm³/mol. The Bertz CT molecular complexity index is 652. The first kappa shape index (κ1) is 15.6. The Labute approximate surface area is 137 Å². The normalized spacial score (nSPS) is 22.4. The zero-order valence-electron chi connectivity index (χ0n) is 13.7. The summed E-state index contributed by atoms with van der Waals surface area (Å²) in [6, 6.07) is 19.8. The van der Waals surface area contributed by atoms with E-state index in [9.17, 15) is 4.79 Å². The maximum atomic E-state index is 13.1. The van der Waals surface area contributed by atoms with Crippen molar-refractivity contribution in [3.63, 3.8) is 0 Å². The minimum Gasteiger partial charge on any atom is -0.489 e. The molecule has 0 saturated heterocycles. The van der Waals surface area contributed by atoms with Crippen LogP contribution in [0.4, 0.5) is 0 Å². The zero-order valence-corrected chi connectivity index (χ0v) is 13.7. The summed E-state index contributed by atoms with van der Waals surface area (Å²) in [7, 11) is 0. The Morgan fingerprint density at radius 1 is 1.04 bits per heavy atom. The highest BCUT2D eigenvalue weighted by Gasteiger charge is 2.64. The quantitative estimate of drug-likeness (QED) is 0.815. The first-order valence-corrected chi connectivity index (χ1v) is 8.29. The van der Waals surface area contributed by atoms with Crippen LogP contribution >= 0.6 is 0 Å². The minimum atomic E-state index is -0.539. The molecule has 0 heterocycles. The molecule has 2 aromatic carbocycles. The highest BCUT2D eigenvalue weighted by Crippen LogP contribution is 2.51. The predicted octanol–water partition coefficient (Wildman–Crippen LogP) is 3.64. The molecule has 2 aromatic rings. The van der Waals surface area contributed by atoms with Crippen LogP contribution in [0.2, 0.25) is 0 Å². The summed E-state index contributed by atoms with van der Waals surface area (Å²) >= 11 is 0. The van der Waals surface area contributed by atoms with Crippen LogP contribution in [0.25, 0.3) is 0 Å². The van der Waals surface area contributed by atoms with Crippen molar-refractivity contribution in [2.75, 3.05) is 13.1 Å². The van der Waals surface area contributed by atoms with Gasteiger partial charge in [-0.3, -0.25) is 4.79 Å². The van der Waals surface area contributed by atoms with Gasteiger partial charge in [-0.15, -0.1) is 0 Å². The van der Waals surface area contributed by atoms with Gasteiger partial charge in [-0.05, 0) is 31.5 Å². The molecule has 0 aromatic heterocycles. The minimum absolute atomic E-state index is 0.0969. The Hall–Kier alpha value is -2.29. The number of carbonyl (C=O) groups is 1. The number of para-hydroxylation sites is 1. The van der Waals surface area contributed by atoms with Crippen LogP contribution in [0.3, 0.4) is 0 Å². The van der Waals surface area contributed by atoms with Crippen molar-refractivity contribution in [3.05, 3.63) is 66.2 Å². The molecular weight excluding hydrogens is 286 g/mol. The van der Waals surface area contributed by atoms with Crippen molar-refractivity contribution in [3.8, 4) is 5.75 Å². The molecule has 0 bridgehead atoms. The first-order chi connectivity index (χ1) is 11.2. The van der Waals surface area contributed by atoms with E-state index in [1.54, 1.807) is 0 Å². The summed E-state index contributed by atoms with van der Waals surface area (Å²) in [5, 5.41) is 0. The molecule has 1 aliphatic carbocycles. The lowest BCUT2D eigenvalue weighted by atomic mass is 9.93. The van der Waals surface area contributed by atoms with E-state index >= 15 is 0 Å². The number of carbonyl (C=O) groups excluding carboxylic acids is 1. The van der Waals surface area contributed by atoms with E-state index in [0.29, 0.717) is 0 Å². The summed E-state index contributed by atoms with van der Waals surface area (Å²) in [6.07, 6.45) is 0.640. The fraction of sp³-hybridized carbons (Fsp3) is 0.350. The molecule has 23 heavy (non-hydrogen) atoms. The number of likely N-dealkylation sites (N-methyl/N-ethyl adjacent to an activating group) is 1. The van der Waals surface area contributed by atoms with Crippen molar-refractivity contribution < 1.29 is 9.53 Å². The molecule has 0 radical (unpaired) electrons. The van der Waals surface area contributed by atoms with E-state index in [1.165, 1.54) is 0 Å². The van der Waals surface area contributed by atoms with Gasteiger partial charge in [-0.1, -0.05) is 48.5 Å². The second-order valence-electron chi connectivity index (χ2n) is 5.94. The second-order valence-corrected chi connectivity index (χ2v) is 5.94. The molecule has 3 heteroatoms. The number of amides is 1. The van der Waals surface area contributed by atoms with Crippen LogP contribution in [0.5, 0.6) is 5.75 Å². The maximum absolute atomic E-state index is 13.1. The second kappa shape index (κ2) is 6.45. The molecule has 0 spiro atoms. The molecule has 1 amide bonds. The van der Waals surface area contributed by atoms with E-state index in [1.807, 2.05) is 79.4 Å². The molecule has 120 valence electrons. The molecule has 0 unspecified atom stereocenters. The van der Waals surface area contributed by atoms with Crippen LogP contribution in [0.1, 0.15) is 25.8 Å². The van der Waals surface area contributed by atoms with Gasteiger partial charge < -0.3 is 9.64 Å². The van der Waals surface area contributed by atoms with Crippen molar-refractivity contribution in [1.82, 2.24) is 4.90 Å².